The Bertz CT molecular complexity index is 683. The summed E-state index contributed by atoms with van der Waals surface area (Å²) in [4.78, 5) is 11.9. The monoisotopic (exact) mass is 324 g/mol. The lowest BCUT2D eigenvalue weighted by molar-refractivity contribution is -0.123. The van der Waals surface area contributed by atoms with Crippen molar-refractivity contribution >= 4 is 15.9 Å². The Balaban J connectivity index is 2.31. The molecule has 0 radical (unpaired) electrons. The molecule has 122 valence electrons. The van der Waals surface area contributed by atoms with Gasteiger partial charge in [-0.3, -0.25) is 4.79 Å². The van der Waals surface area contributed by atoms with Crippen molar-refractivity contribution in [1.82, 2.24) is 4.72 Å². The van der Waals surface area contributed by atoms with Crippen LogP contribution in [-0.2, 0) is 27.7 Å². The zero-order valence-electron chi connectivity index (χ0n) is 13.3. The van der Waals surface area contributed by atoms with Crippen molar-refractivity contribution in [3.63, 3.8) is 0 Å². The average Bonchev–Trinajstić information content (AvgIpc) is 2.83. The molecule has 0 fully saturated rings. The molecule has 22 heavy (non-hydrogen) atoms. The zero-order chi connectivity index (χ0) is 16.5. The van der Waals surface area contributed by atoms with E-state index in [9.17, 15) is 13.2 Å². The number of benzene rings is 1. The summed E-state index contributed by atoms with van der Waals surface area (Å²) in [6.45, 7) is 5.38. The van der Waals surface area contributed by atoms with Crippen LogP contribution < -0.4 is 10.5 Å². The van der Waals surface area contributed by atoms with E-state index < -0.39 is 21.5 Å². The SMILES string of the molecule is CC(C)C[C@](C)(NS(=O)(=O)c1ccc2c(c1)CCC2)C(N)=O. The number of hydrogen-bond acceptors (Lipinski definition) is 3. The molecule has 1 amide bonds. The highest BCUT2D eigenvalue weighted by molar-refractivity contribution is 7.89. The fourth-order valence-corrected chi connectivity index (χ4v) is 4.52. The van der Waals surface area contributed by atoms with E-state index in [1.807, 2.05) is 19.9 Å². The minimum atomic E-state index is -3.78. The van der Waals surface area contributed by atoms with Crippen molar-refractivity contribution in [3.05, 3.63) is 29.3 Å². The lowest BCUT2D eigenvalue weighted by Gasteiger charge is -2.28. The smallest absolute Gasteiger partial charge is 0.241 e. The zero-order valence-corrected chi connectivity index (χ0v) is 14.2. The van der Waals surface area contributed by atoms with Crippen LogP contribution in [0, 0.1) is 5.92 Å². The average molecular weight is 324 g/mol. The second-order valence-electron chi connectivity index (χ2n) is 6.68. The number of carbonyl (C=O) groups excluding carboxylic acids is 1. The molecule has 0 bridgehead atoms. The molecule has 0 saturated carbocycles. The summed E-state index contributed by atoms with van der Waals surface area (Å²) in [5.74, 6) is -0.522. The number of fused-ring (bicyclic) bond motifs is 1. The summed E-state index contributed by atoms with van der Waals surface area (Å²) >= 11 is 0. The third kappa shape index (κ3) is 3.50. The largest absolute Gasteiger partial charge is 0.368 e. The molecule has 1 aromatic carbocycles. The Labute approximate surface area is 132 Å². The van der Waals surface area contributed by atoms with E-state index in [-0.39, 0.29) is 10.8 Å². The van der Waals surface area contributed by atoms with Crippen LogP contribution in [0.25, 0.3) is 0 Å². The fraction of sp³-hybridized carbons (Fsp3) is 0.562. The number of sulfonamides is 1. The van der Waals surface area contributed by atoms with Crippen LogP contribution in [0.15, 0.2) is 23.1 Å². The van der Waals surface area contributed by atoms with Gasteiger partial charge in [0.1, 0.15) is 5.54 Å². The molecular formula is C16H24N2O3S. The number of hydrogen-bond donors (Lipinski definition) is 2. The van der Waals surface area contributed by atoms with E-state index in [2.05, 4.69) is 4.72 Å². The molecule has 0 aliphatic heterocycles. The van der Waals surface area contributed by atoms with Crippen molar-refractivity contribution in [3.8, 4) is 0 Å². The quantitative estimate of drug-likeness (QED) is 0.835. The Kier molecular flexibility index (Phi) is 4.63. The molecule has 0 unspecified atom stereocenters. The maximum absolute atomic E-state index is 12.6. The normalized spacial score (nSPS) is 17.3. The van der Waals surface area contributed by atoms with Gasteiger partial charge in [0.2, 0.25) is 15.9 Å². The summed E-state index contributed by atoms with van der Waals surface area (Å²) in [5.41, 5.74) is 6.43. The van der Waals surface area contributed by atoms with Crippen molar-refractivity contribution < 1.29 is 13.2 Å². The second kappa shape index (κ2) is 6.01. The summed E-state index contributed by atoms with van der Waals surface area (Å²) in [7, 11) is -3.78. The van der Waals surface area contributed by atoms with E-state index in [1.54, 1.807) is 19.1 Å². The molecule has 0 aromatic heterocycles. The number of primary amides is 1. The van der Waals surface area contributed by atoms with Crippen molar-refractivity contribution in [2.75, 3.05) is 0 Å². The van der Waals surface area contributed by atoms with Gasteiger partial charge in [-0.2, -0.15) is 4.72 Å². The van der Waals surface area contributed by atoms with Gasteiger partial charge in [-0.15, -0.1) is 0 Å². The molecule has 1 aliphatic carbocycles. The van der Waals surface area contributed by atoms with Crippen molar-refractivity contribution in [2.45, 2.75) is 56.9 Å². The second-order valence-corrected chi connectivity index (χ2v) is 8.37. The minimum Gasteiger partial charge on any atom is -0.368 e. The van der Waals surface area contributed by atoms with E-state index in [0.717, 1.165) is 24.8 Å². The molecule has 3 N–H and O–H groups in total. The van der Waals surface area contributed by atoms with Crippen LogP contribution in [0.3, 0.4) is 0 Å². The van der Waals surface area contributed by atoms with E-state index in [4.69, 9.17) is 5.73 Å². The number of nitrogens with two attached hydrogens (primary N) is 1. The standard InChI is InChI=1S/C16H24N2O3S/c1-11(2)10-16(3,15(17)19)18-22(20,21)14-8-7-12-5-4-6-13(12)9-14/h7-9,11,18H,4-6,10H2,1-3H3,(H2,17,19)/t16-/m0/s1. The fourth-order valence-electron chi connectivity index (χ4n) is 3.08. The Morgan fingerprint density at radius 2 is 1.95 bits per heavy atom. The van der Waals surface area contributed by atoms with E-state index >= 15 is 0 Å². The summed E-state index contributed by atoms with van der Waals surface area (Å²) in [6, 6.07) is 5.17. The van der Waals surface area contributed by atoms with Gasteiger partial charge in [0.15, 0.2) is 0 Å². The number of aryl methyl sites for hydroxylation is 2. The molecule has 0 spiro atoms. The molecule has 6 heteroatoms. The topological polar surface area (TPSA) is 89.3 Å². The predicted octanol–water partition coefficient (Wildman–Crippen LogP) is 1.74. The van der Waals surface area contributed by atoms with Gasteiger partial charge in [0.25, 0.3) is 0 Å². The maximum atomic E-state index is 12.6. The Hall–Kier alpha value is -1.40. The van der Waals surface area contributed by atoms with Gasteiger partial charge >= 0.3 is 0 Å². The molecule has 2 rings (SSSR count). The summed E-state index contributed by atoms with van der Waals surface area (Å²) in [5, 5.41) is 0. The summed E-state index contributed by atoms with van der Waals surface area (Å²) < 4.78 is 27.7. The highest BCUT2D eigenvalue weighted by Gasteiger charge is 2.37. The molecule has 1 aromatic rings. The third-order valence-corrected chi connectivity index (χ3v) is 5.69. The Morgan fingerprint density at radius 1 is 1.32 bits per heavy atom. The molecule has 0 heterocycles. The van der Waals surface area contributed by atoms with Crippen LogP contribution in [0.2, 0.25) is 0 Å². The van der Waals surface area contributed by atoms with Crippen molar-refractivity contribution in [2.24, 2.45) is 11.7 Å². The molecule has 1 atom stereocenters. The lowest BCUT2D eigenvalue weighted by Crippen LogP contribution is -2.55. The molecule has 5 nitrogen and oxygen atoms in total. The number of carbonyl (C=O) groups is 1. The van der Waals surface area contributed by atoms with Gasteiger partial charge in [0, 0.05) is 0 Å². The van der Waals surface area contributed by atoms with Crippen LogP contribution in [-0.4, -0.2) is 19.9 Å². The van der Waals surface area contributed by atoms with Gasteiger partial charge in [-0.25, -0.2) is 8.42 Å². The van der Waals surface area contributed by atoms with Gasteiger partial charge in [0.05, 0.1) is 4.90 Å². The number of amides is 1. The summed E-state index contributed by atoms with van der Waals surface area (Å²) in [6.07, 6.45) is 3.30. The highest BCUT2D eigenvalue weighted by Crippen LogP contribution is 2.26. The number of rotatable bonds is 6. The number of nitrogens with one attached hydrogen (secondary N) is 1. The highest BCUT2D eigenvalue weighted by atomic mass is 32.2. The van der Waals surface area contributed by atoms with Gasteiger partial charge < -0.3 is 5.73 Å². The van der Waals surface area contributed by atoms with E-state index in [1.165, 1.54) is 5.56 Å². The van der Waals surface area contributed by atoms with Crippen LogP contribution in [0.5, 0.6) is 0 Å². The first-order valence-corrected chi connectivity index (χ1v) is 9.08. The first kappa shape index (κ1) is 17.0. The molecule has 1 aliphatic rings. The first-order chi connectivity index (χ1) is 10.1. The van der Waals surface area contributed by atoms with Gasteiger partial charge in [-0.1, -0.05) is 19.9 Å². The third-order valence-electron chi connectivity index (χ3n) is 4.10. The van der Waals surface area contributed by atoms with Crippen LogP contribution in [0.1, 0.15) is 44.7 Å². The molecular weight excluding hydrogens is 300 g/mol. The maximum Gasteiger partial charge on any atom is 0.241 e. The minimum absolute atomic E-state index is 0.139. The Morgan fingerprint density at radius 3 is 2.55 bits per heavy atom. The first-order valence-electron chi connectivity index (χ1n) is 7.60. The van der Waals surface area contributed by atoms with Crippen molar-refractivity contribution in [1.29, 1.82) is 0 Å². The lowest BCUT2D eigenvalue weighted by atomic mass is 9.91. The van der Waals surface area contributed by atoms with E-state index in [0.29, 0.717) is 6.42 Å². The van der Waals surface area contributed by atoms with Crippen LogP contribution >= 0.6 is 0 Å². The van der Waals surface area contributed by atoms with Gasteiger partial charge in [-0.05, 0) is 61.8 Å². The molecule has 0 saturated heterocycles. The predicted molar refractivity (Wildman–Crippen MR) is 85.8 cm³/mol. The van der Waals surface area contributed by atoms with Crippen LogP contribution in [0.4, 0.5) is 0 Å².